The Morgan fingerprint density at radius 2 is 0.586 bits per heavy atom. The van der Waals surface area contributed by atoms with Gasteiger partial charge in [-0.1, -0.05) is 30.3 Å². The molecule has 0 spiro atoms. The average Bonchev–Trinajstić information content (AvgIpc) is 3.60. The van der Waals surface area contributed by atoms with Crippen LogP contribution < -0.4 is 0 Å². The molecule has 1 aromatic heterocycles. The van der Waals surface area contributed by atoms with Crippen LogP contribution in [-0.4, -0.2) is 0 Å². The van der Waals surface area contributed by atoms with Crippen molar-refractivity contribution in [2.45, 2.75) is 118 Å². The first-order valence-corrected chi connectivity index (χ1v) is 21.2. The molecule has 9 rings (SSSR count). The van der Waals surface area contributed by atoms with Crippen LogP contribution in [0.5, 0.6) is 0 Å². The van der Waals surface area contributed by atoms with Crippen LogP contribution in [-0.2, 0) is 0 Å². The second kappa shape index (κ2) is 12.8. The van der Waals surface area contributed by atoms with Gasteiger partial charge in [0, 0.05) is 10.8 Å². The van der Waals surface area contributed by atoms with Gasteiger partial charge in [0.2, 0.25) is 0 Å². The van der Waals surface area contributed by atoms with Crippen LogP contribution in [0.1, 0.15) is 94.6 Å². The second-order valence-corrected chi connectivity index (χ2v) is 18.0. The Labute approximate surface area is 345 Å². The van der Waals surface area contributed by atoms with E-state index in [1.807, 2.05) is 0 Å². The Morgan fingerprint density at radius 1 is 0.241 bits per heavy atom. The van der Waals surface area contributed by atoms with E-state index in [2.05, 4.69) is 160 Å². The maximum atomic E-state index is 6.61. The summed E-state index contributed by atoms with van der Waals surface area (Å²) >= 11 is 0. The van der Waals surface area contributed by atoms with Crippen molar-refractivity contribution in [2.24, 2.45) is 0 Å². The summed E-state index contributed by atoms with van der Waals surface area (Å²) in [7, 11) is 0. The van der Waals surface area contributed by atoms with Crippen molar-refractivity contribution < 1.29 is 4.42 Å². The Balaban J connectivity index is 1.71. The van der Waals surface area contributed by atoms with Crippen molar-refractivity contribution in [3.63, 3.8) is 0 Å². The molecule has 8 aromatic carbocycles. The quantitative estimate of drug-likeness (QED) is 0.126. The van der Waals surface area contributed by atoms with Gasteiger partial charge >= 0.3 is 0 Å². The highest BCUT2D eigenvalue weighted by Crippen LogP contribution is 2.56. The van der Waals surface area contributed by atoms with Crippen LogP contribution >= 0.6 is 0 Å². The van der Waals surface area contributed by atoms with E-state index in [4.69, 9.17) is 4.42 Å². The molecule has 0 N–H and O–H groups in total. The smallest absolute Gasteiger partial charge is 0.136 e. The number of hydrogen-bond donors (Lipinski definition) is 0. The van der Waals surface area contributed by atoms with Crippen LogP contribution in [0.25, 0.3) is 87.3 Å². The van der Waals surface area contributed by atoms with Crippen molar-refractivity contribution in [3.05, 3.63) is 137 Å². The number of rotatable bonds is 2. The molecule has 58 heavy (non-hydrogen) atoms. The molecule has 1 nitrogen and oxygen atoms in total. The van der Waals surface area contributed by atoms with Crippen molar-refractivity contribution in [1.29, 1.82) is 0 Å². The van der Waals surface area contributed by atoms with Crippen LogP contribution in [0.4, 0.5) is 0 Å². The summed E-state index contributed by atoms with van der Waals surface area (Å²) in [5.74, 6) is 0. The molecule has 0 aliphatic heterocycles. The van der Waals surface area contributed by atoms with E-state index in [0.29, 0.717) is 0 Å². The summed E-state index contributed by atoms with van der Waals surface area (Å²) in [5.41, 5.74) is 30.8. The van der Waals surface area contributed by atoms with Gasteiger partial charge < -0.3 is 4.42 Å². The molecule has 0 radical (unpaired) electrons. The van der Waals surface area contributed by atoms with Crippen molar-refractivity contribution in [2.75, 3.05) is 0 Å². The zero-order valence-corrected chi connectivity index (χ0v) is 37.9. The van der Waals surface area contributed by atoms with Crippen molar-refractivity contribution in [1.82, 2.24) is 0 Å². The third-order valence-corrected chi connectivity index (χ3v) is 15.9. The van der Waals surface area contributed by atoms with Gasteiger partial charge in [0.25, 0.3) is 0 Å². The number of furan rings is 1. The van der Waals surface area contributed by atoms with Crippen LogP contribution in [0, 0.1) is 118 Å². The van der Waals surface area contributed by atoms with Crippen LogP contribution in [0.3, 0.4) is 0 Å². The molecule has 0 unspecified atom stereocenters. The molecule has 0 fully saturated rings. The Bertz CT molecular complexity index is 3290. The van der Waals surface area contributed by atoms with Gasteiger partial charge in [0.05, 0.1) is 0 Å². The summed E-state index contributed by atoms with van der Waals surface area (Å²) in [6, 6.07) is 15.3. The number of hydrogen-bond acceptors (Lipinski definition) is 1. The van der Waals surface area contributed by atoms with Gasteiger partial charge in [-0.15, -0.1) is 0 Å². The molecule has 0 amide bonds. The third kappa shape index (κ3) is 4.65. The molecule has 0 aliphatic carbocycles. The minimum absolute atomic E-state index is 0.931. The van der Waals surface area contributed by atoms with E-state index in [-0.39, 0.29) is 0 Å². The second-order valence-electron chi connectivity index (χ2n) is 18.0. The lowest BCUT2D eigenvalue weighted by Gasteiger charge is -2.30. The standard InChI is InChI=1S/C57H58O/c1-25-26(2)34(10)47-46(33(25)9)41(17)54(49-36(12)28(4)27(3)35(11)48(47)49)57-52-39(15)31(7)29(5)37(13)50(52)56(51-38(14)30(6)32(8)40(16)53(51)57)43-22-20-24-45-55(43)42-21-18-19-23-44(42)58-45/h18-24H,1-17H3. The maximum Gasteiger partial charge on any atom is 0.136 e. The summed E-state index contributed by atoms with van der Waals surface area (Å²) in [6.07, 6.45) is 0. The fraction of sp³-hybridized carbons (Fsp3) is 0.298. The molecule has 0 atom stereocenters. The van der Waals surface area contributed by atoms with E-state index in [1.54, 1.807) is 0 Å². The molecule has 292 valence electrons. The van der Waals surface area contributed by atoms with Gasteiger partial charge in [-0.2, -0.15) is 0 Å². The predicted octanol–water partition coefficient (Wildman–Crippen LogP) is 16.8. The summed E-state index contributed by atoms with van der Waals surface area (Å²) < 4.78 is 6.61. The first kappa shape index (κ1) is 38.1. The first-order valence-electron chi connectivity index (χ1n) is 21.2. The van der Waals surface area contributed by atoms with Gasteiger partial charge in [-0.05, 0) is 290 Å². The number of aryl methyl sites for hydroxylation is 9. The largest absolute Gasteiger partial charge is 0.456 e. The van der Waals surface area contributed by atoms with Gasteiger partial charge in [-0.25, -0.2) is 0 Å². The van der Waals surface area contributed by atoms with Gasteiger partial charge in [0.1, 0.15) is 11.2 Å². The van der Waals surface area contributed by atoms with E-state index < -0.39 is 0 Å². The lowest BCUT2D eigenvalue weighted by molar-refractivity contribution is 0.669. The molecule has 0 aliphatic rings. The molecule has 0 saturated heterocycles. The Morgan fingerprint density at radius 3 is 1.05 bits per heavy atom. The molecule has 9 aromatic rings. The van der Waals surface area contributed by atoms with E-state index >= 15 is 0 Å². The van der Waals surface area contributed by atoms with E-state index in [0.717, 1.165) is 11.2 Å². The maximum absolute atomic E-state index is 6.61. The molecule has 0 saturated carbocycles. The highest BCUT2D eigenvalue weighted by molar-refractivity contribution is 6.32. The monoisotopic (exact) mass is 758 g/mol. The van der Waals surface area contributed by atoms with E-state index in [1.165, 1.54) is 171 Å². The minimum atomic E-state index is 0.931. The van der Waals surface area contributed by atoms with Crippen LogP contribution in [0.15, 0.2) is 46.9 Å². The van der Waals surface area contributed by atoms with Gasteiger partial charge in [-0.3, -0.25) is 0 Å². The van der Waals surface area contributed by atoms with Crippen LogP contribution in [0.2, 0.25) is 0 Å². The van der Waals surface area contributed by atoms with E-state index in [9.17, 15) is 0 Å². The summed E-state index contributed by atoms with van der Waals surface area (Å²) in [4.78, 5) is 0. The first-order chi connectivity index (χ1) is 27.4. The molecule has 1 heteroatoms. The van der Waals surface area contributed by atoms with Crippen molar-refractivity contribution in [3.8, 4) is 22.3 Å². The summed E-state index contributed by atoms with van der Waals surface area (Å²) in [5, 5.41) is 13.6. The number of benzene rings is 8. The summed E-state index contributed by atoms with van der Waals surface area (Å²) in [6.45, 7) is 40.2. The lowest BCUT2D eigenvalue weighted by Crippen LogP contribution is -2.07. The highest BCUT2D eigenvalue weighted by Gasteiger charge is 2.31. The third-order valence-electron chi connectivity index (χ3n) is 15.9. The lowest BCUT2D eigenvalue weighted by atomic mass is 9.73. The number of para-hydroxylation sites is 1. The topological polar surface area (TPSA) is 13.1 Å². The van der Waals surface area contributed by atoms with Crippen molar-refractivity contribution >= 4 is 65.0 Å². The van der Waals surface area contributed by atoms with Gasteiger partial charge in [0.15, 0.2) is 0 Å². The Kier molecular flexibility index (Phi) is 8.42. The fourth-order valence-electron chi connectivity index (χ4n) is 11.3. The molecule has 1 heterocycles. The zero-order chi connectivity index (χ0) is 41.7. The SMILES string of the molecule is Cc1c(C)c(C)c2c(-c3cccc4oc5ccccc5c34)c3c(C)c(C)c(C)c(C)c3c(-c3c(C)c4c(C)c(C)c(C)c(C)c4c4c(C)c(C)c(C)c(C)c34)c2c1C. The minimum Gasteiger partial charge on any atom is -0.456 e. The molecular formula is C57H58O. The average molecular weight is 759 g/mol. The predicted molar refractivity (Wildman–Crippen MR) is 255 cm³/mol. The number of fused-ring (bicyclic) bond motifs is 8. The molecule has 0 bridgehead atoms. The molecular weight excluding hydrogens is 701 g/mol. The fourth-order valence-corrected chi connectivity index (χ4v) is 11.3. The highest BCUT2D eigenvalue weighted by atomic mass is 16.3. The zero-order valence-electron chi connectivity index (χ0n) is 37.9. The Hall–Kier alpha value is -5.40. The normalized spacial score (nSPS) is 12.2.